The zero-order chi connectivity index (χ0) is 26.4. The lowest BCUT2D eigenvalue weighted by molar-refractivity contribution is -0.178. The van der Waals surface area contributed by atoms with E-state index in [4.69, 9.17) is 4.74 Å². The third kappa shape index (κ3) is 5.04. The lowest BCUT2D eigenvalue weighted by Crippen LogP contribution is -2.60. The molecule has 3 saturated carbocycles. The maximum Gasteiger partial charge on any atom is 0.305 e. The monoisotopic (exact) mass is 488 g/mol. The summed E-state index contributed by atoms with van der Waals surface area (Å²) in [6.07, 6.45) is 12.4. The molecule has 0 spiro atoms. The van der Waals surface area contributed by atoms with Gasteiger partial charge in [-0.25, -0.2) is 0 Å². The molecule has 8 atom stereocenters. The number of methoxy groups -OCH3 is 1. The van der Waals surface area contributed by atoms with E-state index in [0.717, 1.165) is 38.5 Å². The maximum absolute atomic E-state index is 12.2. The molecule has 3 aliphatic carbocycles. The van der Waals surface area contributed by atoms with Crippen molar-refractivity contribution in [2.75, 3.05) is 7.11 Å². The van der Waals surface area contributed by atoms with E-state index >= 15 is 0 Å². The summed E-state index contributed by atoms with van der Waals surface area (Å²) in [5.41, 5.74) is -0.0365. The largest absolute Gasteiger partial charge is 0.469 e. The van der Waals surface area contributed by atoms with E-state index < -0.39 is 11.2 Å². The Labute approximate surface area is 214 Å². The Morgan fingerprint density at radius 1 is 1.06 bits per heavy atom. The molecule has 3 aliphatic rings. The average molecular weight is 489 g/mol. The number of carbonyl (C=O) groups excluding carboxylic acids is 1. The summed E-state index contributed by atoms with van der Waals surface area (Å²) in [6, 6.07) is 0. The average Bonchev–Trinajstić information content (AvgIpc) is 3.10. The molecule has 35 heavy (non-hydrogen) atoms. The zero-order valence-corrected chi connectivity index (χ0v) is 23.7. The zero-order valence-electron chi connectivity index (χ0n) is 23.7. The van der Waals surface area contributed by atoms with Crippen molar-refractivity contribution >= 4 is 5.97 Å². The van der Waals surface area contributed by atoms with Crippen LogP contribution in [0.15, 0.2) is 24.3 Å². The van der Waals surface area contributed by atoms with Gasteiger partial charge in [0, 0.05) is 6.42 Å². The lowest BCUT2D eigenvalue weighted by Gasteiger charge is -2.66. The minimum Gasteiger partial charge on any atom is -0.469 e. The molecule has 4 heteroatoms. The highest BCUT2D eigenvalue weighted by molar-refractivity contribution is 5.69. The summed E-state index contributed by atoms with van der Waals surface area (Å²) in [6.45, 7) is 19.6. The molecule has 0 saturated heterocycles. The molecule has 4 nitrogen and oxygen atoms in total. The number of hydrogen-bond acceptors (Lipinski definition) is 4. The standard InChI is InChI=1S/C31H52O4/c1-21(2)22-13-20-30(7)25(28(22,5)18-15-26(32)35-9)12-11-23-24(14-19-29(23,30)6)31(8,34)17-10-16-27(3,4)33/h10,16,22-25,33-34H,1,11-15,17-20H2,2-9H3/b16-10+/t22-,23+,24-,25-,28-,29+,30+,31-/m0/s1. The van der Waals surface area contributed by atoms with Crippen molar-refractivity contribution in [3.05, 3.63) is 24.3 Å². The van der Waals surface area contributed by atoms with Gasteiger partial charge in [0.1, 0.15) is 0 Å². The van der Waals surface area contributed by atoms with Crippen molar-refractivity contribution in [3.63, 3.8) is 0 Å². The third-order valence-electron chi connectivity index (χ3n) is 11.2. The summed E-state index contributed by atoms with van der Waals surface area (Å²) >= 11 is 0. The van der Waals surface area contributed by atoms with Crippen LogP contribution in [0.2, 0.25) is 0 Å². The molecule has 0 radical (unpaired) electrons. The van der Waals surface area contributed by atoms with Crippen LogP contribution >= 0.6 is 0 Å². The topological polar surface area (TPSA) is 66.8 Å². The van der Waals surface area contributed by atoms with Gasteiger partial charge < -0.3 is 14.9 Å². The number of allylic oxidation sites excluding steroid dienone is 1. The van der Waals surface area contributed by atoms with Crippen LogP contribution in [0.1, 0.15) is 106 Å². The van der Waals surface area contributed by atoms with E-state index in [-0.39, 0.29) is 28.1 Å². The summed E-state index contributed by atoms with van der Waals surface area (Å²) in [4.78, 5) is 12.2. The fourth-order valence-corrected chi connectivity index (χ4v) is 9.22. The van der Waals surface area contributed by atoms with Gasteiger partial charge in [-0.05, 0) is 119 Å². The second-order valence-electron chi connectivity index (χ2n) is 13.9. The van der Waals surface area contributed by atoms with Crippen molar-refractivity contribution < 1.29 is 19.7 Å². The smallest absolute Gasteiger partial charge is 0.305 e. The fraction of sp³-hybridized carbons (Fsp3) is 0.839. The Morgan fingerprint density at radius 2 is 1.69 bits per heavy atom. The van der Waals surface area contributed by atoms with Gasteiger partial charge in [-0.3, -0.25) is 4.79 Å². The molecule has 2 N–H and O–H groups in total. The molecular weight excluding hydrogens is 436 g/mol. The molecule has 0 heterocycles. The minimum atomic E-state index is -0.859. The SMILES string of the molecule is C=C(C)[C@@H]1CC[C@]2(C)[C@@H](CC[C@@H]3[C@@H]([C@@](C)(O)C/C=C/C(C)(C)O)CC[C@]32C)[C@@]1(C)CCC(=O)OC. The quantitative estimate of drug-likeness (QED) is 0.290. The van der Waals surface area contributed by atoms with Gasteiger partial charge in [-0.2, -0.15) is 0 Å². The second kappa shape index (κ2) is 9.63. The van der Waals surface area contributed by atoms with Gasteiger partial charge in [0.15, 0.2) is 0 Å². The lowest BCUT2D eigenvalue weighted by atomic mass is 9.38. The van der Waals surface area contributed by atoms with E-state index in [9.17, 15) is 15.0 Å². The van der Waals surface area contributed by atoms with Crippen LogP contribution in [-0.4, -0.2) is 34.5 Å². The summed E-state index contributed by atoms with van der Waals surface area (Å²) in [5.74, 6) is 1.58. The number of esters is 1. The number of fused-ring (bicyclic) bond motifs is 3. The van der Waals surface area contributed by atoms with Gasteiger partial charge in [0.25, 0.3) is 0 Å². The van der Waals surface area contributed by atoms with Crippen LogP contribution in [-0.2, 0) is 9.53 Å². The first-order chi connectivity index (χ1) is 16.0. The number of ether oxygens (including phenoxy) is 1. The first-order valence-corrected chi connectivity index (χ1v) is 13.9. The number of carbonyl (C=O) groups is 1. The minimum absolute atomic E-state index is 0.0249. The Morgan fingerprint density at radius 3 is 2.26 bits per heavy atom. The van der Waals surface area contributed by atoms with E-state index in [1.807, 2.05) is 13.0 Å². The molecule has 0 bridgehead atoms. The van der Waals surface area contributed by atoms with Crippen LogP contribution in [0.3, 0.4) is 0 Å². The molecule has 0 aromatic rings. The summed E-state index contributed by atoms with van der Waals surface area (Å²) in [5, 5.41) is 21.7. The highest BCUT2D eigenvalue weighted by Gasteiger charge is 2.67. The molecule has 0 aromatic heterocycles. The molecule has 3 rings (SSSR count). The van der Waals surface area contributed by atoms with Crippen molar-refractivity contribution in [1.29, 1.82) is 0 Å². The second-order valence-corrected chi connectivity index (χ2v) is 13.9. The summed E-state index contributed by atoms with van der Waals surface area (Å²) < 4.78 is 5.03. The highest BCUT2D eigenvalue weighted by Crippen LogP contribution is 2.74. The normalized spacial score (nSPS) is 41.2. The number of rotatable bonds is 8. The predicted molar refractivity (Wildman–Crippen MR) is 143 cm³/mol. The van der Waals surface area contributed by atoms with E-state index in [1.165, 1.54) is 19.1 Å². The third-order valence-corrected chi connectivity index (χ3v) is 11.2. The molecule has 0 aliphatic heterocycles. The van der Waals surface area contributed by atoms with Crippen LogP contribution in [0, 0.1) is 39.9 Å². The van der Waals surface area contributed by atoms with Crippen molar-refractivity contribution in [2.45, 2.75) is 117 Å². The van der Waals surface area contributed by atoms with Gasteiger partial charge in [0.05, 0.1) is 18.3 Å². The Bertz CT molecular complexity index is 835. The number of hydrogen-bond donors (Lipinski definition) is 2. The van der Waals surface area contributed by atoms with Crippen LogP contribution < -0.4 is 0 Å². The Kier molecular flexibility index (Phi) is 7.83. The summed E-state index contributed by atoms with van der Waals surface area (Å²) in [7, 11) is 1.49. The van der Waals surface area contributed by atoms with E-state index in [1.54, 1.807) is 19.9 Å². The molecular formula is C31H52O4. The van der Waals surface area contributed by atoms with Crippen molar-refractivity contribution in [3.8, 4) is 0 Å². The molecule has 0 amide bonds. The van der Waals surface area contributed by atoms with E-state index in [0.29, 0.717) is 30.6 Å². The molecule has 0 aromatic carbocycles. The van der Waals surface area contributed by atoms with Gasteiger partial charge in [0.2, 0.25) is 0 Å². The van der Waals surface area contributed by atoms with Gasteiger partial charge >= 0.3 is 5.97 Å². The first kappa shape index (κ1) is 28.4. The maximum atomic E-state index is 12.2. The van der Waals surface area contributed by atoms with Crippen LogP contribution in [0.4, 0.5) is 0 Å². The van der Waals surface area contributed by atoms with Gasteiger partial charge in [-0.1, -0.05) is 45.1 Å². The predicted octanol–water partition coefficient (Wildman–Crippen LogP) is 6.85. The molecule has 200 valence electrons. The first-order valence-electron chi connectivity index (χ1n) is 13.9. The molecule has 3 fully saturated rings. The Balaban J connectivity index is 1.91. The molecule has 0 unspecified atom stereocenters. The van der Waals surface area contributed by atoms with Crippen LogP contribution in [0.25, 0.3) is 0 Å². The van der Waals surface area contributed by atoms with E-state index in [2.05, 4.69) is 34.3 Å². The van der Waals surface area contributed by atoms with Crippen molar-refractivity contribution in [2.24, 2.45) is 39.9 Å². The van der Waals surface area contributed by atoms with Crippen molar-refractivity contribution in [1.82, 2.24) is 0 Å². The Hall–Kier alpha value is -1.13. The number of aliphatic hydroxyl groups is 2. The fourth-order valence-electron chi connectivity index (χ4n) is 9.22. The van der Waals surface area contributed by atoms with Gasteiger partial charge in [-0.15, -0.1) is 0 Å². The highest BCUT2D eigenvalue weighted by atomic mass is 16.5. The van der Waals surface area contributed by atoms with Crippen LogP contribution in [0.5, 0.6) is 0 Å².